The van der Waals surface area contributed by atoms with Gasteiger partial charge in [0.1, 0.15) is 11.8 Å². The van der Waals surface area contributed by atoms with E-state index >= 15 is 0 Å². The van der Waals surface area contributed by atoms with Crippen LogP contribution in [0.3, 0.4) is 0 Å². The first kappa shape index (κ1) is 16.5. The van der Waals surface area contributed by atoms with Gasteiger partial charge in [0, 0.05) is 24.4 Å². The quantitative estimate of drug-likeness (QED) is 0.761. The molecular weight excluding hydrogens is 296 g/mol. The molecule has 2 amide bonds. The van der Waals surface area contributed by atoms with Crippen molar-refractivity contribution in [3.63, 3.8) is 0 Å². The van der Waals surface area contributed by atoms with Crippen molar-refractivity contribution in [2.24, 2.45) is 0 Å². The molecule has 122 valence electrons. The highest BCUT2D eigenvalue weighted by molar-refractivity contribution is 5.96. The number of nitrogens with zero attached hydrogens (tertiary/aromatic N) is 1. The minimum Gasteiger partial charge on any atom is -0.374 e. The Balaban J connectivity index is 2.03. The summed E-state index contributed by atoms with van der Waals surface area (Å²) >= 11 is 0. The molecule has 1 aromatic heterocycles. The van der Waals surface area contributed by atoms with Crippen LogP contribution in [0.2, 0.25) is 0 Å². The highest BCUT2D eigenvalue weighted by Gasteiger charge is 2.17. The van der Waals surface area contributed by atoms with Crippen molar-refractivity contribution in [2.45, 2.75) is 33.2 Å². The fraction of sp³-hybridized carbons (Fsp3) is 0.312. The minimum atomic E-state index is -0.431. The van der Waals surface area contributed by atoms with Gasteiger partial charge in [0.25, 0.3) is 0 Å². The van der Waals surface area contributed by atoms with E-state index in [9.17, 15) is 9.59 Å². The van der Waals surface area contributed by atoms with Crippen molar-refractivity contribution in [3.05, 3.63) is 36.1 Å². The van der Waals surface area contributed by atoms with Gasteiger partial charge in [-0.05, 0) is 31.5 Å². The number of carbonyl (C=O) groups is 2. The fourth-order valence-electron chi connectivity index (χ4n) is 2.08. The van der Waals surface area contributed by atoms with Gasteiger partial charge in [0.05, 0.1) is 0 Å². The standard InChI is InChI=1S/C16H20N4O3/c1-4-14(16(22)19-15-8-10(2)23-20-15)18-13-7-5-6-12(9-13)17-11(3)21/h5-9,14,18H,4H2,1-3H3,(H,17,21)(H,19,20,22). The van der Waals surface area contributed by atoms with E-state index in [2.05, 4.69) is 21.1 Å². The van der Waals surface area contributed by atoms with Crippen molar-refractivity contribution in [3.8, 4) is 0 Å². The lowest BCUT2D eigenvalue weighted by atomic mass is 10.2. The number of aryl methyl sites for hydroxylation is 1. The first-order chi connectivity index (χ1) is 11.0. The number of hydrogen-bond acceptors (Lipinski definition) is 5. The maximum Gasteiger partial charge on any atom is 0.248 e. The summed E-state index contributed by atoms with van der Waals surface area (Å²) in [6.07, 6.45) is 0.590. The Morgan fingerprint density at radius 3 is 2.57 bits per heavy atom. The van der Waals surface area contributed by atoms with Crippen molar-refractivity contribution in [1.29, 1.82) is 0 Å². The summed E-state index contributed by atoms with van der Waals surface area (Å²) < 4.78 is 4.92. The van der Waals surface area contributed by atoms with Crippen LogP contribution in [-0.4, -0.2) is 23.0 Å². The molecule has 7 heteroatoms. The number of aromatic nitrogens is 1. The Hall–Kier alpha value is -2.83. The molecule has 23 heavy (non-hydrogen) atoms. The molecule has 2 rings (SSSR count). The number of carbonyl (C=O) groups excluding carboxylic acids is 2. The first-order valence-corrected chi connectivity index (χ1v) is 7.36. The summed E-state index contributed by atoms with van der Waals surface area (Å²) in [7, 11) is 0. The van der Waals surface area contributed by atoms with Crippen molar-refractivity contribution in [1.82, 2.24) is 5.16 Å². The van der Waals surface area contributed by atoms with Gasteiger partial charge in [0.2, 0.25) is 11.8 Å². The fourth-order valence-corrected chi connectivity index (χ4v) is 2.08. The Kier molecular flexibility index (Phi) is 5.35. The van der Waals surface area contributed by atoms with Crippen LogP contribution < -0.4 is 16.0 Å². The van der Waals surface area contributed by atoms with Gasteiger partial charge in [-0.25, -0.2) is 0 Å². The number of benzene rings is 1. The van der Waals surface area contributed by atoms with E-state index in [1.54, 1.807) is 31.2 Å². The molecule has 1 heterocycles. The maximum atomic E-state index is 12.3. The third-order valence-corrected chi connectivity index (χ3v) is 3.13. The molecule has 0 saturated carbocycles. The molecule has 0 saturated heterocycles. The van der Waals surface area contributed by atoms with Crippen LogP contribution in [0, 0.1) is 6.92 Å². The molecule has 0 aliphatic heterocycles. The third kappa shape index (κ3) is 4.84. The number of rotatable bonds is 6. The third-order valence-electron chi connectivity index (χ3n) is 3.13. The molecule has 0 spiro atoms. The normalized spacial score (nSPS) is 11.6. The molecule has 1 atom stereocenters. The number of anilines is 3. The predicted octanol–water partition coefficient (Wildman–Crippen LogP) is 2.77. The first-order valence-electron chi connectivity index (χ1n) is 7.36. The van der Waals surface area contributed by atoms with Gasteiger partial charge < -0.3 is 20.5 Å². The van der Waals surface area contributed by atoms with Crippen molar-refractivity contribution >= 4 is 29.0 Å². The van der Waals surface area contributed by atoms with E-state index in [0.717, 1.165) is 5.69 Å². The van der Waals surface area contributed by atoms with E-state index in [1.807, 2.05) is 13.0 Å². The Morgan fingerprint density at radius 1 is 1.22 bits per heavy atom. The van der Waals surface area contributed by atoms with Crippen LogP contribution in [0.25, 0.3) is 0 Å². The Labute approximate surface area is 134 Å². The highest BCUT2D eigenvalue weighted by Crippen LogP contribution is 2.17. The molecule has 1 aromatic carbocycles. The van der Waals surface area contributed by atoms with Crippen LogP contribution in [0.1, 0.15) is 26.0 Å². The molecule has 0 radical (unpaired) electrons. The summed E-state index contributed by atoms with van der Waals surface area (Å²) in [5, 5.41) is 12.3. The van der Waals surface area contributed by atoms with E-state index in [4.69, 9.17) is 4.52 Å². The van der Waals surface area contributed by atoms with Gasteiger partial charge in [-0.1, -0.05) is 18.1 Å². The smallest absolute Gasteiger partial charge is 0.248 e. The molecule has 2 aromatic rings. The van der Waals surface area contributed by atoms with E-state index in [1.165, 1.54) is 6.92 Å². The van der Waals surface area contributed by atoms with E-state index in [0.29, 0.717) is 23.7 Å². The average molecular weight is 316 g/mol. The largest absolute Gasteiger partial charge is 0.374 e. The van der Waals surface area contributed by atoms with Gasteiger partial charge in [-0.2, -0.15) is 0 Å². The van der Waals surface area contributed by atoms with Crippen LogP contribution in [0.5, 0.6) is 0 Å². The predicted molar refractivity (Wildman–Crippen MR) is 88.3 cm³/mol. The van der Waals surface area contributed by atoms with Crippen molar-refractivity contribution < 1.29 is 14.1 Å². The molecule has 1 unspecified atom stereocenters. The number of nitrogens with one attached hydrogen (secondary N) is 3. The van der Waals surface area contributed by atoms with Gasteiger partial charge in [0.15, 0.2) is 5.82 Å². The SMILES string of the molecule is CCC(Nc1cccc(NC(C)=O)c1)C(=O)Nc1cc(C)on1. The lowest BCUT2D eigenvalue weighted by Gasteiger charge is -2.17. The van der Waals surface area contributed by atoms with Gasteiger partial charge in [-0.3, -0.25) is 9.59 Å². The summed E-state index contributed by atoms with van der Waals surface area (Å²) in [6, 6.07) is 8.42. The Bertz CT molecular complexity index is 696. The molecule has 0 aliphatic carbocycles. The van der Waals surface area contributed by atoms with Gasteiger partial charge >= 0.3 is 0 Å². The van der Waals surface area contributed by atoms with Crippen LogP contribution >= 0.6 is 0 Å². The second-order valence-electron chi connectivity index (χ2n) is 5.18. The molecule has 7 nitrogen and oxygen atoms in total. The van der Waals surface area contributed by atoms with Crippen LogP contribution in [-0.2, 0) is 9.59 Å². The molecule has 0 aliphatic rings. The topological polar surface area (TPSA) is 96.3 Å². The summed E-state index contributed by atoms with van der Waals surface area (Å²) in [6.45, 7) is 5.11. The van der Waals surface area contributed by atoms with Gasteiger partial charge in [-0.15, -0.1) is 0 Å². The van der Waals surface area contributed by atoms with E-state index in [-0.39, 0.29) is 11.8 Å². The molecule has 3 N–H and O–H groups in total. The second kappa shape index (κ2) is 7.44. The monoisotopic (exact) mass is 316 g/mol. The Morgan fingerprint density at radius 2 is 1.96 bits per heavy atom. The maximum absolute atomic E-state index is 12.3. The molecule has 0 bridgehead atoms. The summed E-state index contributed by atoms with van der Waals surface area (Å²) in [5.74, 6) is 0.670. The molecular formula is C16H20N4O3. The zero-order valence-electron chi connectivity index (χ0n) is 13.3. The van der Waals surface area contributed by atoms with E-state index < -0.39 is 6.04 Å². The van der Waals surface area contributed by atoms with Crippen LogP contribution in [0.15, 0.2) is 34.9 Å². The van der Waals surface area contributed by atoms with Crippen molar-refractivity contribution in [2.75, 3.05) is 16.0 Å². The number of amides is 2. The highest BCUT2D eigenvalue weighted by atomic mass is 16.5. The number of hydrogen-bond donors (Lipinski definition) is 3. The summed E-state index contributed by atoms with van der Waals surface area (Å²) in [5.41, 5.74) is 1.42. The zero-order valence-corrected chi connectivity index (χ0v) is 13.3. The summed E-state index contributed by atoms with van der Waals surface area (Å²) in [4.78, 5) is 23.4. The minimum absolute atomic E-state index is 0.145. The zero-order chi connectivity index (χ0) is 16.8. The average Bonchev–Trinajstić information content (AvgIpc) is 2.89. The lowest BCUT2D eigenvalue weighted by molar-refractivity contribution is -0.117. The lowest BCUT2D eigenvalue weighted by Crippen LogP contribution is -2.34. The second-order valence-corrected chi connectivity index (χ2v) is 5.18. The van der Waals surface area contributed by atoms with Crippen LogP contribution in [0.4, 0.5) is 17.2 Å². The molecule has 0 fully saturated rings.